The van der Waals surface area contributed by atoms with Gasteiger partial charge in [0.15, 0.2) is 0 Å². The molecule has 11 heavy (non-hydrogen) atoms. The van der Waals surface area contributed by atoms with E-state index in [0.29, 0.717) is 6.61 Å². The molecular formula is C8H15O3. The highest BCUT2D eigenvalue weighted by Gasteiger charge is 1.97. The van der Waals surface area contributed by atoms with E-state index in [9.17, 15) is 0 Å². The fraction of sp³-hybridized carbons (Fsp3) is 0.875. The van der Waals surface area contributed by atoms with E-state index >= 15 is 0 Å². The third kappa shape index (κ3) is 5.18. The average molecular weight is 159 g/mol. The van der Waals surface area contributed by atoms with Crippen LogP contribution < -0.4 is 0 Å². The van der Waals surface area contributed by atoms with Gasteiger partial charge < -0.3 is 0 Å². The highest BCUT2D eigenvalue weighted by molar-refractivity contribution is 4.50. The third-order valence-corrected chi connectivity index (χ3v) is 1.71. The zero-order valence-electron chi connectivity index (χ0n) is 6.75. The Bertz CT molecular complexity index is 47.4. The molecule has 1 saturated heterocycles. The lowest BCUT2D eigenvalue weighted by molar-refractivity contribution is -0.499. The highest BCUT2D eigenvalue weighted by atomic mass is 17.5. The normalized spacial score (nSPS) is 24.0. The van der Waals surface area contributed by atoms with Crippen molar-refractivity contribution in [3.63, 3.8) is 0 Å². The van der Waals surface area contributed by atoms with Crippen LogP contribution in [-0.4, -0.2) is 6.61 Å². The van der Waals surface area contributed by atoms with E-state index in [0.717, 1.165) is 12.8 Å². The van der Waals surface area contributed by atoms with Crippen LogP contribution in [0.5, 0.6) is 0 Å². The summed E-state index contributed by atoms with van der Waals surface area (Å²) in [4.78, 5) is 9.33. The Hall–Kier alpha value is -0.120. The van der Waals surface area contributed by atoms with Gasteiger partial charge >= 0.3 is 0 Å². The van der Waals surface area contributed by atoms with E-state index < -0.39 is 0 Å². The molecule has 0 aromatic rings. The van der Waals surface area contributed by atoms with Crippen LogP contribution in [0.1, 0.15) is 38.5 Å². The summed E-state index contributed by atoms with van der Waals surface area (Å²) in [6, 6.07) is 0. The van der Waals surface area contributed by atoms with Gasteiger partial charge in [0.05, 0.1) is 6.61 Å². The molecule has 3 nitrogen and oxygen atoms in total. The summed E-state index contributed by atoms with van der Waals surface area (Å²) in [5.41, 5.74) is 0. The molecule has 0 aromatic carbocycles. The van der Waals surface area contributed by atoms with Gasteiger partial charge in [0.2, 0.25) is 0 Å². The van der Waals surface area contributed by atoms with Crippen molar-refractivity contribution in [3.05, 3.63) is 6.61 Å². The predicted molar refractivity (Wildman–Crippen MR) is 40.1 cm³/mol. The van der Waals surface area contributed by atoms with Crippen LogP contribution in [0.15, 0.2) is 0 Å². The van der Waals surface area contributed by atoms with Gasteiger partial charge in [0.25, 0.3) is 0 Å². The zero-order valence-corrected chi connectivity index (χ0v) is 6.75. The van der Waals surface area contributed by atoms with Crippen LogP contribution in [-0.2, 0) is 14.8 Å². The van der Waals surface area contributed by atoms with Crippen LogP contribution in [0.4, 0.5) is 0 Å². The summed E-state index contributed by atoms with van der Waals surface area (Å²) in [5, 5.41) is 4.41. The quantitative estimate of drug-likeness (QED) is 0.508. The lowest BCUT2D eigenvalue weighted by Gasteiger charge is -1.99. The Morgan fingerprint density at radius 2 is 1.73 bits per heavy atom. The van der Waals surface area contributed by atoms with E-state index in [4.69, 9.17) is 4.89 Å². The second-order valence-corrected chi connectivity index (χ2v) is 2.71. The fourth-order valence-corrected chi connectivity index (χ4v) is 1.06. The Morgan fingerprint density at radius 3 is 2.73 bits per heavy atom. The first kappa shape index (κ1) is 8.97. The van der Waals surface area contributed by atoms with E-state index in [1.807, 2.05) is 0 Å². The lowest BCUT2D eigenvalue weighted by Crippen LogP contribution is -1.95. The molecule has 0 saturated carbocycles. The van der Waals surface area contributed by atoms with Crippen molar-refractivity contribution in [2.24, 2.45) is 0 Å². The zero-order chi connectivity index (χ0) is 7.78. The van der Waals surface area contributed by atoms with Crippen LogP contribution in [0, 0.1) is 6.61 Å². The highest BCUT2D eigenvalue weighted by Crippen LogP contribution is 2.08. The fourth-order valence-electron chi connectivity index (χ4n) is 1.06. The van der Waals surface area contributed by atoms with Crippen LogP contribution in [0.25, 0.3) is 0 Å². The van der Waals surface area contributed by atoms with Gasteiger partial charge in [-0.15, -0.1) is 0 Å². The molecule has 0 amide bonds. The van der Waals surface area contributed by atoms with Crippen molar-refractivity contribution in [2.75, 3.05) is 6.61 Å². The second kappa shape index (κ2) is 6.58. The first-order chi connectivity index (χ1) is 5.50. The molecule has 65 valence electrons. The minimum absolute atomic E-state index is 0.633. The van der Waals surface area contributed by atoms with Crippen molar-refractivity contribution in [1.29, 1.82) is 0 Å². The molecule has 1 aliphatic rings. The minimum Gasteiger partial charge on any atom is -0.206 e. The maximum atomic E-state index is 4.71. The van der Waals surface area contributed by atoms with Crippen molar-refractivity contribution >= 4 is 0 Å². The van der Waals surface area contributed by atoms with Crippen LogP contribution in [0.3, 0.4) is 0 Å². The molecular weight excluding hydrogens is 144 g/mol. The SMILES string of the molecule is [CH]1CCCCCCCOOO1. The van der Waals surface area contributed by atoms with E-state index in [1.165, 1.54) is 25.7 Å². The van der Waals surface area contributed by atoms with Gasteiger partial charge in [-0.05, 0) is 12.8 Å². The predicted octanol–water partition coefficient (Wildman–Crippen LogP) is 2.38. The summed E-state index contributed by atoms with van der Waals surface area (Å²) in [7, 11) is 0. The smallest absolute Gasteiger partial charge is 0.125 e. The number of hydrogen-bond acceptors (Lipinski definition) is 3. The molecule has 0 unspecified atom stereocenters. The third-order valence-electron chi connectivity index (χ3n) is 1.71. The van der Waals surface area contributed by atoms with Crippen molar-refractivity contribution in [2.45, 2.75) is 38.5 Å². The van der Waals surface area contributed by atoms with Crippen molar-refractivity contribution in [3.8, 4) is 0 Å². The van der Waals surface area contributed by atoms with Crippen molar-refractivity contribution in [1.82, 2.24) is 0 Å². The number of rotatable bonds is 0. The molecule has 1 heterocycles. The molecule has 0 aliphatic carbocycles. The Kier molecular flexibility index (Phi) is 5.37. The molecule has 0 atom stereocenters. The second-order valence-electron chi connectivity index (χ2n) is 2.71. The molecule has 3 heteroatoms. The summed E-state index contributed by atoms with van der Waals surface area (Å²) < 4.78 is 0. The van der Waals surface area contributed by atoms with Gasteiger partial charge in [-0.3, -0.25) is 0 Å². The first-order valence-electron chi connectivity index (χ1n) is 4.27. The van der Waals surface area contributed by atoms with Gasteiger partial charge in [-0.1, -0.05) is 30.7 Å². The molecule has 0 spiro atoms. The molecule has 0 N–H and O–H groups in total. The molecule has 0 bridgehead atoms. The molecule has 1 radical (unpaired) electrons. The Labute approximate surface area is 67.5 Å². The van der Waals surface area contributed by atoms with Crippen LogP contribution >= 0.6 is 0 Å². The maximum absolute atomic E-state index is 4.71. The van der Waals surface area contributed by atoms with E-state index in [-0.39, 0.29) is 0 Å². The molecule has 1 fully saturated rings. The standard InChI is InChI=1S/C8H15O3/c1-2-4-6-8-10-11-9-7-5-3-1/h7H,1-6,8H2. The molecule has 1 rings (SSSR count). The average Bonchev–Trinajstić information content (AvgIpc) is 2.08. The lowest BCUT2D eigenvalue weighted by atomic mass is 10.1. The van der Waals surface area contributed by atoms with Gasteiger partial charge in [-0.2, -0.15) is 4.89 Å². The minimum atomic E-state index is 0.633. The van der Waals surface area contributed by atoms with E-state index in [1.54, 1.807) is 6.61 Å². The summed E-state index contributed by atoms with van der Waals surface area (Å²) in [6.07, 6.45) is 6.98. The van der Waals surface area contributed by atoms with Gasteiger partial charge in [0.1, 0.15) is 6.61 Å². The summed E-state index contributed by atoms with van der Waals surface area (Å²) >= 11 is 0. The molecule has 0 aromatic heterocycles. The summed E-state index contributed by atoms with van der Waals surface area (Å²) in [5.74, 6) is 0. The summed E-state index contributed by atoms with van der Waals surface area (Å²) in [6.45, 7) is 2.28. The van der Waals surface area contributed by atoms with E-state index in [2.05, 4.69) is 9.93 Å². The largest absolute Gasteiger partial charge is 0.206 e. The maximum Gasteiger partial charge on any atom is 0.125 e. The first-order valence-corrected chi connectivity index (χ1v) is 4.27. The Balaban J connectivity index is 2.02. The monoisotopic (exact) mass is 159 g/mol. The van der Waals surface area contributed by atoms with Crippen molar-refractivity contribution < 1.29 is 14.8 Å². The Morgan fingerprint density at radius 1 is 0.909 bits per heavy atom. The number of hydrogen-bond donors (Lipinski definition) is 0. The van der Waals surface area contributed by atoms with Gasteiger partial charge in [0, 0.05) is 0 Å². The topological polar surface area (TPSA) is 27.7 Å². The molecule has 1 aliphatic heterocycles. The van der Waals surface area contributed by atoms with Crippen LogP contribution in [0.2, 0.25) is 0 Å². The van der Waals surface area contributed by atoms with Gasteiger partial charge in [-0.25, -0.2) is 4.89 Å².